The lowest BCUT2D eigenvalue weighted by Crippen LogP contribution is -2.20. The van der Waals surface area contributed by atoms with Gasteiger partial charge in [-0.1, -0.05) is 23.7 Å². The topological polar surface area (TPSA) is 113 Å². The van der Waals surface area contributed by atoms with Crippen LogP contribution in [0.25, 0.3) is 0 Å². The van der Waals surface area contributed by atoms with Gasteiger partial charge in [-0.05, 0) is 19.1 Å². The second-order valence-corrected chi connectivity index (χ2v) is 6.60. The smallest absolute Gasteiger partial charge is 0.316 e. The molecule has 118 valence electrons. The Morgan fingerprint density at radius 1 is 1.36 bits per heavy atom. The molecule has 0 radical (unpaired) electrons. The van der Waals surface area contributed by atoms with Crippen LogP contribution in [-0.4, -0.2) is 25.7 Å². The first kappa shape index (κ1) is 16.3. The van der Waals surface area contributed by atoms with E-state index in [0.29, 0.717) is 10.6 Å². The lowest BCUT2D eigenvalue weighted by Gasteiger charge is -2.09. The molecule has 0 saturated carbocycles. The number of ether oxygens (including phenoxy) is 1. The number of ketones is 2. The van der Waals surface area contributed by atoms with Gasteiger partial charge in [0.1, 0.15) is 11.5 Å². The van der Waals surface area contributed by atoms with Crippen LogP contribution >= 0.6 is 11.6 Å². The van der Waals surface area contributed by atoms with Crippen molar-refractivity contribution >= 4 is 33.3 Å². The third-order valence-electron chi connectivity index (χ3n) is 2.69. The van der Waals surface area contributed by atoms with Crippen LogP contribution < -0.4 is 5.73 Å². The highest BCUT2D eigenvalue weighted by molar-refractivity contribution is 7.87. The number of rotatable bonds is 5. The average Bonchev–Trinajstić information content (AvgIpc) is 2.66. The predicted molar refractivity (Wildman–Crippen MR) is 77.1 cm³/mol. The zero-order valence-corrected chi connectivity index (χ0v) is 13.0. The molecule has 22 heavy (non-hydrogen) atoms. The first-order valence-electron chi connectivity index (χ1n) is 6.07. The number of hydrogen-bond donors (Lipinski definition) is 1. The first-order chi connectivity index (χ1) is 10.2. The number of Topliss-reactive ketones (excluding diaryl/α,β-unsaturated/α-hetero) is 2. The Hall–Kier alpha value is -2.06. The molecule has 0 fully saturated rings. The van der Waals surface area contributed by atoms with Gasteiger partial charge in [0, 0.05) is 10.6 Å². The van der Waals surface area contributed by atoms with Crippen molar-refractivity contribution in [1.29, 1.82) is 0 Å². The van der Waals surface area contributed by atoms with Crippen molar-refractivity contribution in [2.75, 3.05) is 5.75 Å². The van der Waals surface area contributed by atoms with Gasteiger partial charge in [0.25, 0.3) is 0 Å². The molecule has 2 rings (SSSR count). The van der Waals surface area contributed by atoms with Gasteiger partial charge in [0.05, 0.1) is 0 Å². The highest BCUT2D eigenvalue weighted by Crippen LogP contribution is 2.32. The quantitative estimate of drug-likeness (QED) is 0.793. The maximum atomic E-state index is 12.2. The Morgan fingerprint density at radius 3 is 2.50 bits per heavy atom. The van der Waals surface area contributed by atoms with E-state index >= 15 is 0 Å². The predicted octanol–water partition coefficient (Wildman–Crippen LogP) is 1.04. The number of carbonyl (C=O) groups is 2. The molecule has 1 heterocycles. The van der Waals surface area contributed by atoms with E-state index < -0.39 is 45.2 Å². The summed E-state index contributed by atoms with van der Waals surface area (Å²) in [6.07, 6.45) is -1.11. The van der Waals surface area contributed by atoms with Crippen LogP contribution in [-0.2, 0) is 28.6 Å². The van der Waals surface area contributed by atoms with E-state index in [0.717, 1.165) is 6.92 Å². The van der Waals surface area contributed by atoms with Crippen molar-refractivity contribution in [3.8, 4) is 0 Å². The standard InChI is InChI=1S/C13H12ClNO6S/c1-7(16)6-22(18,19)21-12-10(17)11(20-13(12)15)8-2-4-9(14)5-3-8/h2-5,11H,6,15H2,1H3. The van der Waals surface area contributed by atoms with Crippen LogP contribution in [0.15, 0.2) is 35.9 Å². The fourth-order valence-corrected chi connectivity index (χ4v) is 2.92. The number of nitrogens with two attached hydrogens (primary N) is 1. The van der Waals surface area contributed by atoms with Gasteiger partial charge >= 0.3 is 10.1 Å². The zero-order chi connectivity index (χ0) is 16.5. The maximum absolute atomic E-state index is 12.2. The molecule has 1 aromatic carbocycles. The molecule has 2 N–H and O–H groups in total. The number of halogens is 1. The average molecular weight is 346 g/mol. The highest BCUT2D eigenvalue weighted by Gasteiger charge is 2.39. The Kier molecular flexibility index (Phi) is 4.43. The minimum Gasteiger partial charge on any atom is -0.460 e. The Bertz CT molecular complexity index is 753. The second kappa shape index (κ2) is 5.98. The van der Waals surface area contributed by atoms with Crippen molar-refractivity contribution < 1.29 is 26.9 Å². The van der Waals surface area contributed by atoms with Crippen molar-refractivity contribution in [2.24, 2.45) is 5.73 Å². The molecule has 1 aromatic rings. The van der Waals surface area contributed by atoms with Crippen molar-refractivity contribution in [2.45, 2.75) is 13.0 Å². The summed E-state index contributed by atoms with van der Waals surface area (Å²) in [5.74, 6) is -3.30. The molecule has 1 atom stereocenters. The molecule has 1 unspecified atom stereocenters. The maximum Gasteiger partial charge on any atom is 0.316 e. The van der Waals surface area contributed by atoms with Crippen LogP contribution in [0.1, 0.15) is 18.6 Å². The summed E-state index contributed by atoms with van der Waals surface area (Å²) in [5.41, 5.74) is 5.95. The molecule has 0 spiro atoms. The van der Waals surface area contributed by atoms with Gasteiger partial charge < -0.3 is 14.7 Å². The fraction of sp³-hybridized carbons (Fsp3) is 0.231. The van der Waals surface area contributed by atoms with E-state index in [1.807, 2.05) is 0 Å². The van der Waals surface area contributed by atoms with Crippen LogP contribution in [0.5, 0.6) is 0 Å². The van der Waals surface area contributed by atoms with Gasteiger partial charge in [-0.25, -0.2) is 0 Å². The molecule has 1 aliphatic heterocycles. The Morgan fingerprint density at radius 2 is 1.95 bits per heavy atom. The number of hydrogen-bond acceptors (Lipinski definition) is 7. The second-order valence-electron chi connectivity index (χ2n) is 4.59. The van der Waals surface area contributed by atoms with E-state index in [4.69, 9.17) is 22.1 Å². The normalized spacial score (nSPS) is 18.3. The minimum atomic E-state index is -4.25. The largest absolute Gasteiger partial charge is 0.460 e. The van der Waals surface area contributed by atoms with E-state index in [1.165, 1.54) is 0 Å². The summed E-state index contributed by atoms with van der Waals surface area (Å²) in [5, 5.41) is 0.468. The molecule has 0 aromatic heterocycles. The number of carbonyl (C=O) groups excluding carboxylic acids is 2. The van der Waals surface area contributed by atoms with Crippen LogP contribution in [0, 0.1) is 0 Å². The first-order valence-corrected chi connectivity index (χ1v) is 8.03. The summed E-state index contributed by atoms with van der Waals surface area (Å²) in [6.45, 7) is 1.09. The monoisotopic (exact) mass is 345 g/mol. The lowest BCUT2D eigenvalue weighted by atomic mass is 10.1. The highest BCUT2D eigenvalue weighted by atomic mass is 35.5. The van der Waals surface area contributed by atoms with Gasteiger partial charge in [-0.2, -0.15) is 8.42 Å². The minimum absolute atomic E-state index is 0.444. The zero-order valence-electron chi connectivity index (χ0n) is 11.4. The molecule has 0 amide bonds. The Balaban J connectivity index is 2.21. The van der Waals surface area contributed by atoms with Crippen molar-refractivity contribution in [1.82, 2.24) is 0 Å². The summed E-state index contributed by atoms with van der Waals surface area (Å²) in [6, 6.07) is 6.19. The van der Waals surface area contributed by atoms with E-state index in [-0.39, 0.29) is 0 Å². The van der Waals surface area contributed by atoms with E-state index in [2.05, 4.69) is 4.18 Å². The number of benzene rings is 1. The fourth-order valence-electron chi connectivity index (χ4n) is 1.82. The molecule has 0 aliphatic carbocycles. The van der Waals surface area contributed by atoms with Crippen molar-refractivity contribution in [3.63, 3.8) is 0 Å². The van der Waals surface area contributed by atoms with E-state index in [9.17, 15) is 18.0 Å². The van der Waals surface area contributed by atoms with Gasteiger partial charge in [0.2, 0.25) is 17.4 Å². The van der Waals surface area contributed by atoms with Gasteiger partial charge in [-0.15, -0.1) is 0 Å². The molecule has 9 heteroatoms. The molecule has 0 saturated heterocycles. The van der Waals surface area contributed by atoms with Crippen LogP contribution in [0.3, 0.4) is 0 Å². The molecular formula is C13H12ClNO6S. The third kappa shape index (κ3) is 3.58. The SMILES string of the molecule is CC(=O)CS(=O)(=O)OC1=C(N)OC(c2ccc(Cl)cc2)C1=O. The van der Waals surface area contributed by atoms with Gasteiger partial charge in [-0.3, -0.25) is 9.59 Å². The Labute approximate surface area is 131 Å². The summed E-state index contributed by atoms with van der Waals surface area (Å²) < 4.78 is 33.0. The van der Waals surface area contributed by atoms with Crippen molar-refractivity contribution in [3.05, 3.63) is 46.5 Å². The van der Waals surface area contributed by atoms with Crippen LogP contribution in [0.4, 0.5) is 0 Å². The summed E-state index contributed by atoms with van der Waals surface area (Å²) >= 11 is 5.75. The molecular weight excluding hydrogens is 334 g/mol. The van der Waals surface area contributed by atoms with Crippen LogP contribution in [0.2, 0.25) is 5.02 Å². The molecule has 1 aliphatic rings. The lowest BCUT2D eigenvalue weighted by molar-refractivity contribution is -0.123. The van der Waals surface area contributed by atoms with Gasteiger partial charge in [0.15, 0.2) is 6.10 Å². The third-order valence-corrected chi connectivity index (χ3v) is 4.13. The summed E-state index contributed by atoms with van der Waals surface area (Å²) in [4.78, 5) is 23.1. The summed E-state index contributed by atoms with van der Waals surface area (Å²) in [7, 11) is -4.25. The van der Waals surface area contributed by atoms with E-state index in [1.54, 1.807) is 24.3 Å². The molecule has 7 nitrogen and oxygen atoms in total. The molecule has 0 bridgehead atoms.